The van der Waals surface area contributed by atoms with Gasteiger partial charge in [-0.15, -0.1) is 0 Å². The molecule has 4 N–H and O–H groups in total. The average molecular weight is 325 g/mol. The van der Waals surface area contributed by atoms with Gasteiger partial charge in [-0.2, -0.15) is 5.26 Å². The predicted molar refractivity (Wildman–Crippen MR) is 82.2 cm³/mol. The van der Waals surface area contributed by atoms with Crippen molar-refractivity contribution in [3.05, 3.63) is 69.1 Å². The van der Waals surface area contributed by atoms with Crippen molar-refractivity contribution in [1.29, 1.82) is 5.26 Å². The first-order valence-electron chi connectivity index (χ1n) is 6.80. The Labute approximate surface area is 135 Å². The quantitative estimate of drug-likeness (QED) is 0.567. The zero-order chi connectivity index (χ0) is 17.4. The Kier molecular flexibility index (Phi) is 3.46. The lowest BCUT2D eigenvalue weighted by Crippen LogP contribution is -2.21. The molecular weight excluding hydrogens is 314 g/mol. The van der Waals surface area contributed by atoms with Crippen molar-refractivity contribution >= 4 is 5.69 Å². The Morgan fingerprint density at radius 3 is 2.71 bits per heavy atom. The molecule has 1 atom stereocenters. The molecule has 0 saturated heterocycles. The number of fused-ring (bicyclic) bond motifs is 1. The summed E-state index contributed by atoms with van der Waals surface area (Å²) in [6.07, 6.45) is 0. The Morgan fingerprint density at radius 1 is 1.29 bits per heavy atom. The SMILES string of the molecule is N#CC1=C(N)Oc2cc(O)cc(O)c2C1c1cccc([N+](=O)[O-])c1. The van der Waals surface area contributed by atoms with Gasteiger partial charge in [-0.3, -0.25) is 10.1 Å². The van der Waals surface area contributed by atoms with Crippen LogP contribution in [-0.2, 0) is 0 Å². The Bertz CT molecular complexity index is 930. The summed E-state index contributed by atoms with van der Waals surface area (Å²) in [4.78, 5) is 10.4. The van der Waals surface area contributed by atoms with E-state index in [9.17, 15) is 25.6 Å². The first-order valence-corrected chi connectivity index (χ1v) is 6.80. The molecule has 0 spiro atoms. The van der Waals surface area contributed by atoms with Crippen molar-refractivity contribution in [1.82, 2.24) is 0 Å². The highest BCUT2D eigenvalue weighted by molar-refractivity contribution is 5.62. The van der Waals surface area contributed by atoms with Crippen LogP contribution in [0.25, 0.3) is 0 Å². The van der Waals surface area contributed by atoms with Crippen molar-refractivity contribution in [3.8, 4) is 23.3 Å². The molecular formula is C16H11N3O5. The molecule has 1 unspecified atom stereocenters. The van der Waals surface area contributed by atoms with Crippen LogP contribution in [0.3, 0.4) is 0 Å². The lowest BCUT2D eigenvalue weighted by molar-refractivity contribution is -0.384. The van der Waals surface area contributed by atoms with Crippen molar-refractivity contribution in [2.24, 2.45) is 5.73 Å². The van der Waals surface area contributed by atoms with Gasteiger partial charge in [0, 0.05) is 29.8 Å². The minimum atomic E-state index is -0.848. The number of allylic oxidation sites excluding steroid dienone is 1. The third-order valence-electron chi connectivity index (χ3n) is 3.70. The number of hydrogen-bond donors (Lipinski definition) is 3. The third kappa shape index (κ3) is 2.34. The van der Waals surface area contributed by atoms with Gasteiger partial charge in [-0.25, -0.2) is 0 Å². The first-order chi connectivity index (χ1) is 11.4. The molecule has 8 nitrogen and oxygen atoms in total. The van der Waals surface area contributed by atoms with Crippen LogP contribution in [0.15, 0.2) is 47.9 Å². The number of nitro groups is 1. The van der Waals surface area contributed by atoms with Gasteiger partial charge in [0.15, 0.2) is 0 Å². The van der Waals surface area contributed by atoms with Crippen LogP contribution in [0, 0.1) is 21.4 Å². The predicted octanol–water partition coefficient (Wildman–Crippen LogP) is 2.22. The molecule has 24 heavy (non-hydrogen) atoms. The van der Waals surface area contributed by atoms with Crippen LogP contribution in [0.4, 0.5) is 5.69 Å². The van der Waals surface area contributed by atoms with Crippen LogP contribution in [0.5, 0.6) is 17.2 Å². The minimum absolute atomic E-state index is 0.0176. The standard InChI is InChI=1S/C16H11N3O5/c17-7-11-14(8-2-1-3-9(4-8)19(22)23)15-12(21)5-10(20)6-13(15)24-16(11)18/h1-6,14,20-21H,18H2. The summed E-state index contributed by atoms with van der Waals surface area (Å²) >= 11 is 0. The van der Waals surface area contributed by atoms with Crippen molar-refractivity contribution in [2.45, 2.75) is 5.92 Å². The fourth-order valence-electron chi connectivity index (χ4n) is 2.70. The van der Waals surface area contributed by atoms with E-state index in [4.69, 9.17) is 10.5 Å². The van der Waals surface area contributed by atoms with Gasteiger partial charge in [0.25, 0.3) is 5.69 Å². The summed E-state index contributed by atoms with van der Waals surface area (Å²) < 4.78 is 5.31. The molecule has 0 fully saturated rings. The van der Waals surface area contributed by atoms with Gasteiger partial charge in [-0.1, -0.05) is 12.1 Å². The van der Waals surface area contributed by atoms with Gasteiger partial charge < -0.3 is 20.7 Å². The number of aromatic hydroxyl groups is 2. The maximum absolute atomic E-state index is 11.0. The van der Waals surface area contributed by atoms with E-state index in [0.717, 1.165) is 6.07 Å². The Balaban J connectivity index is 2.28. The molecule has 0 bridgehead atoms. The van der Waals surface area contributed by atoms with Gasteiger partial charge >= 0.3 is 0 Å². The number of ether oxygens (including phenoxy) is 1. The zero-order valence-electron chi connectivity index (χ0n) is 12.1. The van der Waals surface area contributed by atoms with E-state index >= 15 is 0 Å². The van der Waals surface area contributed by atoms with Crippen LogP contribution >= 0.6 is 0 Å². The monoisotopic (exact) mass is 325 g/mol. The van der Waals surface area contributed by atoms with E-state index < -0.39 is 10.8 Å². The molecule has 0 radical (unpaired) electrons. The number of hydrogen-bond acceptors (Lipinski definition) is 7. The van der Waals surface area contributed by atoms with Crippen molar-refractivity contribution < 1.29 is 19.9 Å². The summed E-state index contributed by atoms with van der Waals surface area (Å²) in [7, 11) is 0. The second kappa shape index (κ2) is 5.48. The molecule has 1 aliphatic rings. The van der Waals surface area contributed by atoms with Gasteiger partial charge in [0.2, 0.25) is 5.88 Å². The Morgan fingerprint density at radius 2 is 2.04 bits per heavy atom. The molecule has 1 aliphatic heterocycles. The Hall–Kier alpha value is -3.73. The number of nitrogens with two attached hydrogens (primary N) is 1. The highest BCUT2D eigenvalue weighted by atomic mass is 16.6. The highest BCUT2D eigenvalue weighted by Crippen LogP contribution is 2.48. The maximum Gasteiger partial charge on any atom is 0.269 e. The van der Waals surface area contributed by atoms with E-state index in [0.29, 0.717) is 5.56 Å². The third-order valence-corrected chi connectivity index (χ3v) is 3.70. The molecule has 8 heteroatoms. The normalized spacial score (nSPS) is 16.0. The zero-order valence-corrected chi connectivity index (χ0v) is 12.1. The first kappa shape index (κ1) is 15.2. The van der Waals surface area contributed by atoms with E-state index in [1.54, 1.807) is 6.07 Å². The van der Waals surface area contributed by atoms with Crippen LogP contribution in [0.2, 0.25) is 0 Å². The minimum Gasteiger partial charge on any atom is -0.508 e. The molecule has 0 amide bonds. The number of nitro benzene ring substituents is 1. The van der Waals surface area contributed by atoms with Crippen LogP contribution in [-0.4, -0.2) is 15.1 Å². The molecule has 2 aromatic carbocycles. The molecule has 0 saturated carbocycles. The number of phenolic OH excluding ortho intramolecular Hbond substituents is 2. The fraction of sp³-hybridized carbons (Fsp3) is 0.0625. The number of nitriles is 1. The van der Waals surface area contributed by atoms with Gasteiger partial charge in [0.1, 0.15) is 28.9 Å². The molecule has 0 aromatic heterocycles. The van der Waals surface area contributed by atoms with Crippen molar-refractivity contribution in [3.63, 3.8) is 0 Å². The molecule has 2 aromatic rings. The fourth-order valence-corrected chi connectivity index (χ4v) is 2.70. The van der Waals surface area contributed by atoms with E-state index in [-0.39, 0.29) is 40.0 Å². The number of benzene rings is 2. The maximum atomic E-state index is 11.0. The smallest absolute Gasteiger partial charge is 0.269 e. The summed E-state index contributed by atoms with van der Waals surface area (Å²) in [6, 6.07) is 9.96. The van der Waals surface area contributed by atoms with Crippen LogP contribution < -0.4 is 10.5 Å². The summed E-state index contributed by atoms with van der Waals surface area (Å²) in [5.74, 6) is -1.50. The summed E-state index contributed by atoms with van der Waals surface area (Å²) in [5, 5.41) is 40.2. The van der Waals surface area contributed by atoms with Crippen LogP contribution in [0.1, 0.15) is 17.0 Å². The van der Waals surface area contributed by atoms with Gasteiger partial charge in [0.05, 0.1) is 10.8 Å². The lowest BCUT2D eigenvalue weighted by atomic mass is 9.83. The average Bonchev–Trinajstić information content (AvgIpc) is 2.53. The molecule has 0 aliphatic carbocycles. The van der Waals surface area contributed by atoms with E-state index in [1.807, 2.05) is 6.07 Å². The van der Waals surface area contributed by atoms with E-state index in [2.05, 4.69) is 0 Å². The highest BCUT2D eigenvalue weighted by Gasteiger charge is 2.34. The van der Waals surface area contributed by atoms with Gasteiger partial charge in [-0.05, 0) is 5.56 Å². The number of nitrogens with zero attached hydrogens (tertiary/aromatic N) is 2. The van der Waals surface area contributed by atoms with Crippen molar-refractivity contribution in [2.75, 3.05) is 0 Å². The second-order valence-electron chi connectivity index (χ2n) is 5.15. The largest absolute Gasteiger partial charge is 0.508 e. The summed E-state index contributed by atoms with van der Waals surface area (Å²) in [5.41, 5.74) is 6.23. The number of phenols is 2. The second-order valence-corrected chi connectivity index (χ2v) is 5.15. The van der Waals surface area contributed by atoms with E-state index in [1.165, 1.54) is 24.3 Å². The summed E-state index contributed by atoms with van der Waals surface area (Å²) in [6.45, 7) is 0. The molecule has 3 rings (SSSR count). The molecule has 120 valence electrons. The number of rotatable bonds is 2. The topological polar surface area (TPSA) is 143 Å². The lowest BCUT2D eigenvalue weighted by Gasteiger charge is -2.27. The number of non-ortho nitro benzene ring substituents is 1. The molecule has 1 heterocycles.